The molecule has 0 fully saturated rings. The van der Waals surface area contributed by atoms with Crippen molar-refractivity contribution in [1.82, 2.24) is 4.31 Å². The van der Waals surface area contributed by atoms with E-state index in [9.17, 15) is 13.2 Å². The van der Waals surface area contributed by atoms with Crippen molar-refractivity contribution in [3.05, 3.63) is 89.5 Å². The van der Waals surface area contributed by atoms with Gasteiger partial charge in [-0.1, -0.05) is 42.0 Å². The van der Waals surface area contributed by atoms with Crippen molar-refractivity contribution >= 4 is 27.4 Å². The zero-order chi connectivity index (χ0) is 21.1. The van der Waals surface area contributed by atoms with Crippen molar-refractivity contribution in [2.75, 3.05) is 17.2 Å². The maximum atomic E-state index is 12.9. The lowest BCUT2D eigenvalue weighted by Crippen LogP contribution is -2.36. The third-order valence-corrected chi connectivity index (χ3v) is 6.99. The first kappa shape index (κ1) is 20.1. The molecule has 0 unspecified atom stereocenters. The molecule has 30 heavy (non-hydrogen) atoms. The number of aryl methyl sites for hydroxylation is 1. The molecular weight excluding hydrogens is 398 g/mol. The van der Waals surface area contributed by atoms with E-state index < -0.39 is 10.0 Å². The predicted octanol–water partition coefficient (Wildman–Crippen LogP) is 4.39. The standard InChI is InChI=1S/C23H23N3O3S/c1-17-7-10-20(11-8-17)24-23(27)25-21-12-9-18-13-14-26(16-19(18)15-21)30(28,29)22-5-3-2-4-6-22/h2-12,15H,13-14,16H2,1H3,(H2,24,25,27). The minimum absolute atomic E-state index is 0.279. The molecule has 6 nitrogen and oxygen atoms in total. The highest BCUT2D eigenvalue weighted by Gasteiger charge is 2.28. The molecule has 1 aliphatic rings. The molecule has 3 aromatic carbocycles. The number of hydrogen-bond acceptors (Lipinski definition) is 3. The number of carbonyl (C=O) groups excluding carboxylic acids is 1. The van der Waals surface area contributed by atoms with Crippen LogP contribution in [0.2, 0.25) is 0 Å². The molecule has 0 saturated heterocycles. The number of carbonyl (C=O) groups is 1. The maximum Gasteiger partial charge on any atom is 0.323 e. The van der Waals surface area contributed by atoms with Crippen LogP contribution in [-0.4, -0.2) is 25.3 Å². The number of fused-ring (bicyclic) bond motifs is 1. The van der Waals surface area contributed by atoms with Crippen molar-refractivity contribution in [2.45, 2.75) is 24.8 Å². The Hall–Kier alpha value is -3.16. The monoisotopic (exact) mass is 421 g/mol. The average Bonchev–Trinajstić information content (AvgIpc) is 2.75. The third-order valence-electron chi connectivity index (χ3n) is 5.13. The van der Waals surface area contributed by atoms with Crippen LogP contribution in [0.5, 0.6) is 0 Å². The quantitative estimate of drug-likeness (QED) is 0.656. The molecule has 3 aromatic rings. The van der Waals surface area contributed by atoms with E-state index in [1.165, 1.54) is 4.31 Å². The van der Waals surface area contributed by atoms with Gasteiger partial charge in [-0.3, -0.25) is 0 Å². The Kier molecular flexibility index (Phi) is 5.57. The molecule has 7 heteroatoms. The second-order valence-electron chi connectivity index (χ2n) is 7.33. The summed E-state index contributed by atoms with van der Waals surface area (Å²) in [5, 5.41) is 5.62. The van der Waals surface area contributed by atoms with Crippen molar-refractivity contribution in [1.29, 1.82) is 0 Å². The van der Waals surface area contributed by atoms with Gasteiger partial charge in [-0.25, -0.2) is 13.2 Å². The summed E-state index contributed by atoms with van der Waals surface area (Å²) in [6.07, 6.45) is 0.636. The summed E-state index contributed by atoms with van der Waals surface area (Å²) < 4.78 is 27.4. The molecule has 0 saturated carbocycles. The summed E-state index contributed by atoms with van der Waals surface area (Å²) in [5.74, 6) is 0. The van der Waals surface area contributed by atoms with Crippen molar-refractivity contribution in [3.8, 4) is 0 Å². The van der Waals surface area contributed by atoms with E-state index in [1.54, 1.807) is 30.3 Å². The van der Waals surface area contributed by atoms with E-state index >= 15 is 0 Å². The molecule has 154 valence electrons. The zero-order valence-corrected chi connectivity index (χ0v) is 17.4. The van der Waals surface area contributed by atoms with E-state index in [-0.39, 0.29) is 12.6 Å². The summed E-state index contributed by atoms with van der Waals surface area (Å²) in [6.45, 7) is 2.70. The summed E-state index contributed by atoms with van der Waals surface area (Å²) in [4.78, 5) is 12.6. The first-order chi connectivity index (χ1) is 14.4. The molecule has 1 aliphatic heterocycles. The van der Waals surface area contributed by atoms with Gasteiger partial charge in [0.15, 0.2) is 0 Å². The van der Waals surface area contributed by atoms with Crippen LogP contribution in [0.1, 0.15) is 16.7 Å². The van der Waals surface area contributed by atoms with Gasteiger partial charge in [-0.2, -0.15) is 4.31 Å². The number of urea groups is 1. The van der Waals surface area contributed by atoms with Gasteiger partial charge < -0.3 is 10.6 Å². The average molecular weight is 422 g/mol. The van der Waals surface area contributed by atoms with Crippen LogP contribution >= 0.6 is 0 Å². The Bertz CT molecular complexity index is 1160. The Morgan fingerprint density at radius 2 is 1.53 bits per heavy atom. The van der Waals surface area contributed by atoms with Crippen LogP contribution in [0, 0.1) is 6.92 Å². The molecule has 0 atom stereocenters. The van der Waals surface area contributed by atoms with Crippen LogP contribution in [0.15, 0.2) is 77.7 Å². The summed E-state index contributed by atoms with van der Waals surface area (Å²) in [7, 11) is -3.55. The van der Waals surface area contributed by atoms with E-state index in [4.69, 9.17) is 0 Å². The Morgan fingerprint density at radius 1 is 0.867 bits per heavy atom. The number of amides is 2. The lowest BCUT2D eigenvalue weighted by molar-refractivity contribution is 0.262. The van der Waals surface area contributed by atoms with Gasteiger partial charge in [-0.05, 0) is 60.9 Å². The molecular formula is C23H23N3O3S. The number of nitrogens with zero attached hydrogens (tertiary/aromatic N) is 1. The second-order valence-corrected chi connectivity index (χ2v) is 9.27. The fourth-order valence-electron chi connectivity index (χ4n) is 3.49. The number of hydrogen-bond donors (Lipinski definition) is 2. The molecule has 0 spiro atoms. The first-order valence-corrected chi connectivity index (χ1v) is 11.2. The number of nitrogens with one attached hydrogen (secondary N) is 2. The zero-order valence-electron chi connectivity index (χ0n) is 16.6. The van der Waals surface area contributed by atoms with E-state index in [1.807, 2.05) is 49.4 Å². The van der Waals surface area contributed by atoms with Crippen molar-refractivity contribution < 1.29 is 13.2 Å². The van der Waals surface area contributed by atoms with Crippen molar-refractivity contribution in [3.63, 3.8) is 0 Å². The third kappa shape index (κ3) is 4.37. The minimum Gasteiger partial charge on any atom is -0.308 e. The van der Waals surface area contributed by atoms with Crippen LogP contribution in [0.3, 0.4) is 0 Å². The Labute approximate surface area is 176 Å². The Morgan fingerprint density at radius 3 is 2.27 bits per heavy atom. The van der Waals surface area contributed by atoms with Gasteiger partial charge in [0, 0.05) is 24.5 Å². The van der Waals surface area contributed by atoms with Gasteiger partial charge in [0.2, 0.25) is 10.0 Å². The predicted molar refractivity (Wildman–Crippen MR) is 118 cm³/mol. The molecule has 0 bridgehead atoms. The highest BCUT2D eigenvalue weighted by molar-refractivity contribution is 7.89. The first-order valence-electron chi connectivity index (χ1n) is 9.73. The molecule has 0 aromatic heterocycles. The van der Waals surface area contributed by atoms with Crippen LogP contribution in [0.4, 0.5) is 16.2 Å². The Balaban J connectivity index is 1.48. The van der Waals surface area contributed by atoms with Gasteiger partial charge in [0.05, 0.1) is 4.90 Å². The highest BCUT2D eigenvalue weighted by Crippen LogP contribution is 2.27. The summed E-state index contributed by atoms with van der Waals surface area (Å²) in [5.41, 5.74) is 4.44. The molecule has 1 heterocycles. The topological polar surface area (TPSA) is 78.5 Å². The van der Waals surface area contributed by atoms with E-state index in [0.29, 0.717) is 29.2 Å². The summed E-state index contributed by atoms with van der Waals surface area (Å²) >= 11 is 0. The number of benzene rings is 3. The number of sulfonamides is 1. The lowest BCUT2D eigenvalue weighted by atomic mass is 10.0. The molecule has 0 radical (unpaired) electrons. The normalized spacial score (nSPS) is 14.0. The number of anilines is 2. The van der Waals surface area contributed by atoms with E-state index in [0.717, 1.165) is 16.7 Å². The smallest absolute Gasteiger partial charge is 0.308 e. The molecule has 0 aliphatic carbocycles. The molecule has 2 amide bonds. The summed E-state index contributed by atoms with van der Waals surface area (Å²) in [6, 6.07) is 21.3. The fraction of sp³-hybridized carbons (Fsp3) is 0.174. The van der Waals surface area contributed by atoms with Crippen LogP contribution < -0.4 is 10.6 Å². The molecule has 2 N–H and O–H groups in total. The fourth-order valence-corrected chi connectivity index (χ4v) is 4.93. The van der Waals surface area contributed by atoms with Gasteiger partial charge in [-0.15, -0.1) is 0 Å². The number of rotatable bonds is 4. The SMILES string of the molecule is Cc1ccc(NC(=O)Nc2ccc3c(c2)CN(S(=O)(=O)c2ccccc2)CC3)cc1. The van der Waals surface area contributed by atoms with Gasteiger partial charge in [0.25, 0.3) is 0 Å². The largest absolute Gasteiger partial charge is 0.323 e. The van der Waals surface area contributed by atoms with Crippen molar-refractivity contribution in [2.24, 2.45) is 0 Å². The second kappa shape index (κ2) is 8.30. The molecule has 4 rings (SSSR count). The van der Waals surface area contributed by atoms with Crippen LogP contribution in [0.25, 0.3) is 0 Å². The minimum atomic E-state index is -3.55. The maximum absolute atomic E-state index is 12.9. The van der Waals surface area contributed by atoms with Gasteiger partial charge in [0.1, 0.15) is 0 Å². The lowest BCUT2D eigenvalue weighted by Gasteiger charge is -2.28. The highest BCUT2D eigenvalue weighted by atomic mass is 32.2. The van der Waals surface area contributed by atoms with Gasteiger partial charge >= 0.3 is 6.03 Å². The van der Waals surface area contributed by atoms with Crippen LogP contribution in [-0.2, 0) is 23.0 Å². The van der Waals surface area contributed by atoms with E-state index in [2.05, 4.69) is 10.6 Å².